The van der Waals surface area contributed by atoms with Gasteiger partial charge < -0.3 is 10.1 Å². The van der Waals surface area contributed by atoms with Gasteiger partial charge in [-0.2, -0.15) is 11.3 Å². The maximum absolute atomic E-state index is 6.29. The van der Waals surface area contributed by atoms with Crippen LogP contribution in [0.5, 0.6) is 0 Å². The van der Waals surface area contributed by atoms with Crippen molar-refractivity contribution in [2.45, 2.75) is 51.2 Å². The molecule has 0 bridgehead atoms. The van der Waals surface area contributed by atoms with E-state index in [4.69, 9.17) is 4.74 Å². The first kappa shape index (κ1) is 15.5. The van der Waals surface area contributed by atoms with Gasteiger partial charge in [0.25, 0.3) is 0 Å². The van der Waals surface area contributed by atoms with Gasteiger partial charge in [0.15, 0.2) is 0 Å². The second kappa shape index (κ2) is 6.70. The summed E-state index contributed by atoms with van der Waals surface area (Å²) >= 11 is 5.43. The zero-order chi connectivity index (χ0) is 13.9. The van der Waals surface area contributed by atoms with Crippen molar-refractivity contribution in [3.05, 3.63) is 20.8 Å². The molecule has 1 aromatic heterocycles. The number of rotatable bonds is 5. The van der Waals surface area contributed by atoms with E-state index < -0.39 is 0 Å². The summed E-state index contributed by atoms with van der Waals surface area (Å²) in [6, 6.07) is 0.274. The molecule has 0 aromatic carbocycles. The highest BCUT2D eigenvalue weighted by Gasteiger charge is 2.43. The Morgan fingerprint density at radius 1 is 1.58 bits per heavy atom. The molecule has 4 heteroatoms. The zero-order valence-corrected chi connectivity index (χ0v) is 14.4. The van der Waals surface area contributed by atoms with Gasteiger partial charge in [0.05, 0.1) is 11.6 Å². The Balaban J connectivity index is 2.32. The fraction of sp³-hybridized carbons (Fsp3) is 0.733. The van der Waals surface area contributed by atoms with Crippen LogP contribution in [0.2, 0.25) is 0 Å². The number of halogens is 1. The van der Waals surface area contributed by atoms with Crippen molar-refractivity contribution in [2.75, 3.05) is 13.7 Å². The van der Waals surface area contributed by atoms with Gasteiger partial charge in [0, 0.05) is 16.5 Å². The van der Waals surface area contributed by atoms with E-state index in [9.17, 15) is 0 Å². The highest BCUT2D eigenvalue weighted by atomic mass is 79.9. The molecule has 3 atom stereocenters. The Bertz CT molecular complexity index is 405. The number of thiophene rings is 1. The van der Waals surface area contributed by atoms with E-state index >= 15 is 0 Å². The summed E-state index contributed by atoms with van der Waals surface area (Å²) in [4.78, 5) is 0. The van der Waals surface area contributed by atoms with Gasteiger partial charge in [0.1, 0.15) is 0 Å². The quantitative estimate of drug-likeness (QED) is 0.830. The molecule has 2 nitrogen and oxygen atoms in total. The Kier molecular flexibility index (Phi) is 5.46. The van der Waals surface area contributed by atoms with Crippen LogP contribution in [0.25, 0.3) is 0 Å². The summed E-state index contributed by atoms with van der Waals surface area (Å²) in [6.07, 6.45) is 4.89. The smallest absolute Gasteiger partial charge is 0.0879 e. The van der Waals surface area contributed by atoms with Gasteiger partial charge in [-0.3, -0.25) is 0 Å². The minimum absolute atomic E-state index is 0.0508. The van der Waals surface area contributed by atoms with Crippen LogP contribution in [-0.2, 0) is 4.74 Å². The molecule has 108 valence electrons. The van der Waals surface area contributed by atoms with E-state index in [0.717, 1.165) is 25.4 Å². The molecule has 0 saturated heterocycles. The number of nitrogens with one attached hydrogen (secondary N) is 1. The second-order valence-electron chi connectivity index (χ2n) is 5.60. The van der Waals surface area contributed by atoms with Gasteiger partial charge in [0.2, 0.25) is 0 Å². The minimum Gasteiger partial charge on any atom is -0.373 e. The summed E-state index contributed by atoms with van der Waals surface area (Å²) in [5.41, 5.74) is 1.29. The van der Waals surface area contributed by atoms with Crippen LogP contribution in [0.4, 0.5) is 0 Å². The standard InChI is InChI=1S/C15H24BrNOS/c1-4-18-15(7-5-6-11(2)8-15)14(17-3)12-9-19-10-13(12)16/h9-11,14,17H,4-8H2,1-3H3. The monoisotopic (exact) mass is 345 g/mol. The first-order chi connectivity index (χ1) is 9.13. The molecule has 3 unspecified atom stereocenters. The van der Waals surface area contributed by atoms with E-state index in [0.29, 0.717) is 0 Å². The third-order valence-corrected chi connectivity index (χ3v) is 5.94. The molecule has 2 rings (SSSR count). The van der Waals surface area contributed by atoms with Crippen molar-refractivity contribution in [3.63, 3.8) is 0 Å². The van der Waals surface area contributed by atoms with E-state index in [1.165, 1.54) is 22.9 Å². The molecular weight excluding hydrogens is 322 g/mol. The lowest BCUT2D eigenvalue weighted by molar-refractivity contribution is -0.100. The fourth-order valence-corrected chi connectivity index (χ4v) is 5.06. The van der Waals surface area contributed by atoms with Crippen LogP contribution in [0.15, 0.2) is 15.2 Å². The molecular formula is C15H24BrNOS. The van der Waals surface area contributed by atoms with Crippen molar-refractivity contribution in [1.29, 1.82) is 0 Å². The summed E-state index contributed by atoms with van der Waals surface area (Å²) in [5.74, 6) is 0.744. The van der Waals surface area contributed by atoms with Crippen LogP contribution in [0, 0.1) is 5.92 Å². The number of likely N-dealkylation sites (N-methyl/N-ethyl adjacent to an activating group) is 1. The summed E-state index contributed by atoms with van der Waals surface area (Å²) in [6.45, 7) is 5.24. The second-order valence-corrected chi connectivity index (χ2v) is 7.19. The molecule has 1 aliphatic rings. The predicted octanol–water partition coefficient (Wildman–Crippen LogP) is 4.76. The van der Waals surface area contributed by atoms with Crippen molar-refractivity contribution >= 4 is 27.3 Å². The maximum atomic E-state index is 6.29. The molecule has 1 saturated carbocycles. The van der Waals surface area contributed by atoms with Crippen molar-refractivity contribution in [1.82, 2.24) is 5.32 Å². The Labute approximate surface area is 129 Å². The Morgan fingerprint density at radius 3 is 2.89 bits per heavy atom. The van der Waals surface area contributed by atoms with Crippen LogP contribution >= 0.6 is 27.3 Å². The molecule has 0 spiro atoms. The van der Waals surface area contributed by atoms with E-state index in [2.05, 4.69) is 52.9 Å². The summed E-state index contributed by atoms with van der Waals surface area (Å²) < 4.78 is 7.50. The highest BCUT2D eigenvalue weighted by molar-refractivity contribution is 9.10. The molecule has 1 fully saturated rings. The first-order valence-electron chi connectivity index (χ1n) is 7.15. The zero-order valence-electron chi connectivity index (χ0n) is 12.0. The van der Waals surface area contributed by atoms with Crippen LogP contribution in [0.3, 0.4) is 0 Å². The van der Waals surface area contributed by atoms with Crippen LogP contribution in [0.1, 0.15) is 51.1 Å². The Hall–Kier alpha value is 0.100. The largest absolute Gasteiger partial charge is 0.373 e. The van der Waals surface area contributed by atoms with Crippen LogP contribution in [-0.4, -0.2) is 19.3 Å². The van der Waals surface area contributed by atoms with Crippen molar-refractivity contribution in [3.8, 4) is 0 Å². The highest BCUT2D eigenvalue weighted by Crippen LogP contribution is 2.45. The van der Waals surface area contributed by atoms with Crippen molar-refractivity contribution < 1.29 is 4.74 Å². The molecule has 1 N–H and O–H groups in total. The lowest BCUT2D eigenvalue weighted by Gasteiger charge is -2.45. The van der Waals surface area contributed by atoms with Gasteiger partial charge in [-0.1, -0.05) is 19.8 Å². The third kappa shape index (κ3) is 3.23. The summed E-state index contributed by atoms with van der Waals surface area (Å²) in [7, 11) is 2.05. The number of ether oxygens (including phenoxy) is 1. The average molecular weight is 346 g/mol. The maximum Gasteiger partial charge on any atom is 0.0879 e. The predicted molar refractivity (Wildman–Crippen MR) is 85.8 cm³/mol. The van der Waals surface area contributed by atoms with Gasteiger partial charge in [-0.15, -0.1) is 0 Å². The normalized spacial score (nSPS) is 29.4. The molecule has 0 aliphatic heterocycles. The topological polar surface area (TPSA) is 21.3 Å². The fourth-order valence-electron chi connectivity index (χ4n) is 3.51. The Morgan fingerprint density at radius 2 is 2.37 bits per heavy atom. The first-order valence-corrected chi connectivity index (χ1v) is 8.89. The summed E-state index contributed by atoms with van der Waals surface area (Å²) in [5, 5.41) is 7.91. The molecule has 1 aliphatic carbocycles. The SMILES string of the molecule is CCOC1(C(NC)c2cscc2Br)CCCC(C)C1. The molecule has 0 amide bonds. The minimum atomic E-state index is -0.0508. The lowest BCUT2D eigenvalue weighted by Crippen LogP contribution is -2.48. The molecule has 1 heterocycles. The molecule has 19 heavy (non-hydrogen) atoms. The van der Waals surface area contributed by atoms with Gasteiger partial charge in [-0.25, -0.2) is 0 Å². The average Bonchev–Trinajstić information content (AvgIpc) is 2.77. The van der Waals surface area contributed by atoms with E-state index in [1.807, 2.05) is 0 Å². The van der Waals surface area contributed by atoms with E-state index in [-0.39, 0.29) is 11.6 Å². The molecule has 0 radical (unpaired) electrons. The van der Waals surface area contributed by atoms with Gasteiger partial charge >= 0.3 is 0 Å². The van der Waals surface area contributed by atoms with Crippen LogP contribution < -0.4 is 5.32 Å². The number of hydrogen-bond acceptors (Lipinski definition) is 3. The van der Waals surface area contributed by atoms with Crippen molar-refractivity contribution in [2.24, 2.45) is 5.92 Å². The lowest BCUT2D eigenvalue weighted by atomic mass is 9.73. The van der Waals surface area contributed by atoms with Gasteiger partial charge in [-0.05, 0) is 59.6 Å². The van der Waals surface area contributed by atoms with E-state index in [1.54, 1.807) is 11.3 Å². The molecule has 1 aromatic rings. The number of hydrogen-bond donors (Lipinski definition) is 1. The third-order valence-electron chi connectivity index (χ3n) is 4.19.